The molecule has 0 saturated heterocycles. The molecule has 5 nitrogen and oxygen atoms in total. The topological polar surface area (TPSA) is 73.6 Å². The monoisotopic (exact) mass is 278 g/mol. The predicted octanol–water partition coefficient (Wildman–Crippen LogP) is 1.24. The Balaban J connectivity index is 2.00. The van der Waals surface area contributed by atoms with Gasteiger partial charge >= 0.3 is 0 Å². The van der Waals surface area contributed by atoms with Gasteiger partial charge in [0.1, 0.15) is 11.5 Å². The summed E-state index contributed by atoms with van der Waals surface area (Å²) in [6, 6.07) is 5.97. The van der Waals surface area contributed by atoms with Crippen molar-refractivity contribution in [3.63, 3.8) is 0 Å². The minimum Gasteiger partial charge on any atom is -0.497 e. The summed E-state index contributed by atoms with van der Waals surface area (Å²) in [5, 5.41) is 2.89. The third-order valence-electron chi connectivity index (χ3n) is 3.12. The van der Waals surface area contributed by atoms with Crippen molar-refractivity contribution < 1.29 is 14.3 Å². The Bertz CT molecular complexity index is 470. The van der Waals surface area contributed by atoms with Crippen LogP contribution in [0.4, 0.5) is 0 Å². The van der Waals surface area contributed by atoms with Crippen LogP contribution in [0.5, 0.6) is 11.5 Å². The quantitative estimate of drug-likeness (QED) is 0.787. The van der Waals surface area contributed by atoms with Gasteiger partial charge in [-0.15, -0.1) is 0 Å². The van der Waals surface area contributed by atoms with Crippen LogP contribution in [0, 0.1) is 0 Å². The van der Waals surface area contributed by atoms with Crippen LogP contribution in [0.15, 0.2) is 18.2 Å². The number of carbonyl (C=O) groups is 1. The number of hydrogen-bond acceptors (Lipinski definition) is 4. The van der Waals surface area contributed by atoms with Crippen LogP contribution in [0.1, 0.15) is 25.3 Å². The summed E-state index contributed by atoms with van der Waals surface area (Å²) in [6.45, 7) is 1.96. The zero-order chi connectivity index (χ0) is 14.5. The van der Waals surface area contributed by atoms with Crippen molar-refractivity contribution in [2.24, 2.45) is 5.73 Å². The van der Waals surface area contributed by atoms with Crippen LogP contribution in [-0.4, -0.2) is 31.7 Å². The van der Waals surface area contributed by atoms with E-state index in [0.29, 0.717) is 24.0 Å². The third kappa shape index (κ3) is 4.42. The maximum Gasteiger partial charge on any atom is 0.258 e. The van der Waals surface area contributed by atoms with Gasteiger partial charge in [-0.3, -0.25) is 4.79 Å². The molecule has 20 heavy (non-hydrogen) atoms. The summed E-state index contributed by atoms with van der Waals surface area (Å²) >= 11 is 0. The molecule has 1 aromatic carbocycles. The molecule has 1 saturated carbocycles. The molecule has 0 bridgehead atoms. The third-order valence-corrected chi connectivity index (χ3v) is 3.12. The van der Waals surface area contributed by atoms with E-state index in [1.807, 2.05) is 19.1 Å². The van der Waals surface area contributed by atoms with E-state index in [2.05, 4.69) is 5.32 Å². The Morgan fingerprint density at radius 2 is 2.25 bits per heavy atom. The molecule has 1 aromatic rings. The van der Waals surface area contributed by atoms with Gasteiger partial charge in [-0.25, -0.2) is 0 Å². The first kappa shape index (κ1) is 14.7. The van der Waals surface area contributed by atoms with Gasteiger partial charge in [0.15, 0.2) is 6.61 Å². The van der Waals surface area contributed by atoms with Crippen molar-refractivity contribution in [2.45, 2.75) is 38.3 Å². The number of methoxy groups -OCH3 is 1. The Morgan fingerprint density at radius 1 is 1.50 bits per heavy atom. The molecule has 3 N–H and O–H groups in total. The normalized spacial score (nSPS) is 15.6. The largest absolute Gasteiger partial charge is 0.497 e. The van der Waals surface area contributed by atoms with Crippen LogP contribution in [0.25, 0.3) is 0 Å². The fourth-order valence-corrected chi connectivity index (χ4v) is 1.95. The van der Waals surface area contributed by atoms with E-state index in [4.69, 9.17) is 15.2 Å². The summed E-state index contributed by atoms with van der Waals surface area (Å²) in [4.78, 5) is 11.7. The van der Waals surface area contributed by atoms with Gasteiger partial charge in [0, 0.05) is 18.2 Å². The molecule has 1 amide bonds. The van der Waals surface area contributed by atoms with Crippen molar-refractivity contribution >= 4 is 5.91 Å². The highest BCUT2D eigenvalue weighted by molar-refractivity contribution is 5.78. The highest BCUT2D eigenvalue weighted by Gasteiger charge is 2.23. The molecule has 0 heterocycles. The molecule has 2 rings (SSSR count). The molecule has 5 heteroatoms. The van der Waals surface area contributed by atoms with E-state index in [1.165, 1.54) is 0 Å². The number of rotatable bonds is 7. The molecular weight excluding hydrogens is 256 g/mol. The lowest BCUT2D eigenvalue weighted by molar-refractivity contribution is -0.123. The smallest absolute Gasteiger partial charge is 0.258 e. The maximum atomic E-state index is 11.7. The van der Waals surface area contributed by atoms with Crippen molar-refractivity contribution in [1.29, 1.82) is 0 Å². The van der Waals surface area contributed by atoms with Crippen LogP contribution >= 0.6 is 0 Å². The first-order valence-corrected chi connectivity index (χ1v) is 6.93. The van der Waals surface area contributed by atoms with Gasteiger partial charge < -0.3 is 20.5 Å². The van der Waals surface area contributed by atoms with Crippen molar-refractivity contribution in [1.82, 2.24) is 5.32 Å². The molecule has 0 aromatic heterocycles. The lowest BCUT2D eigenvalue weighted by atomic mass is 10.1. The summed E-state index contributed by atoms with van der Waals surface area (Å²) in [6.07, 6.45) is 2.84. The number of benzene rings is 1. The van der Waals surface area contributed by atoms with E-state index in [1.54, 1.807) is 13.2 Å². The zero-order valence-corrected chi connectivity index (χ0v) is 12.0. The fourth-order valence-electron chi connectivity index (χ4n) is 1.95. The maximum absolute atomic E-state index is 11.7. The minimum absolute atomic E-state index is 0.0234. The second-order valence-corrected chi connectivity index (χ2v) is 5.29. The molecule has 1 unspecified atom stereocenters. The molecule has 1 aliphatic rings. The summed E-state index contributed by atoms with van der Waals surface area (Å²) in [7, 11) is 1.60. The van der Waals surface area contributed by atoms with Gasteiger partial charge in [0.05, 0.1) is 7.11 Å². The van der Waals surface area contributed by atoms with Crippen LogP contribution in [0.3, 0.4) is 0 Å². The Labute approximate surface area is 119 Å². The first-order valence-electron chi connectivity index (χ1n) is 6.93. The summed E-state index contributed by atoms with van der Waals surface area (Å²) in [5.74, 6) is 1.28. The standard InChI is InChI=1S/C15H22N2O3/c1-10(16)7-11-3-6-13(19-2)8-14(11)20-9-15(18)17-12-4-5-12/h3,6,8,10,12H,4-5,7,9,16H2,1-2H3,(H,17,18). The second-order valence-electron chi connectivity index (χ2n) is 5.29. The highest BCUT2D eigenvalue weighted by atomic mass is 16.5. The number of nitrogens with one attached hydrogen (secondary N) is 1. The van der Waals surface area contributed by atoms with Crippen molar-refractivity contribution in [2.75, 3.05) is 13.7 Å². The number of hydrogen-bond donors (Lipinski definition) is 2. The highest BCUT2D eigenvalue weighted by Crippen LogP contribution is 2.26. The fraction of sp³-hybridized carbons (Fsp3) is 0.533. The van der Waals surface area contributed by atoms with E-state index in [-0.39, 0.29) is 18.6 Å². The van der Waals surface area contributed by atoms with Gasteiger partial charge in [0.2, 0.25) is 0 Å². The lowest BCUT2D eigenvalue weighted by Gasteiger charge is -2.14. The molecule has 0 aliphatic heterocycles. The molecule has 0 spiro atoms. The second kappa shape index (κ2) is 6.61. The average molecular weight is 278 g/mol. The Kier molecular flexibility index (Phi) is 4.84. The summed E-state index contributed by atoms with van der Waals surface area (Å²) in [5.41, 5.74) is 6.81. The van der Waals surface area contributed by atoms with Crippen LogP contribution < -0.4 is 20.5 Å². The zero-order valence-electron chi connectivity index (χ0n) is 12.0. The van der Waals surface area contributed by atoms with Crippen LogP contribution in [0.2, 0.25) is 0 Å². The molecule has 0 radical (unpaired) electrons. The van der Waals surface area contributed by atoms with Gasteiger partial charge in [-0.2, -0.15) is 0 Å². The van der Waals surface area contributed by atoms with Gasteiger partial charge in [0.25, 0.3) is 5.91 Å². The number of carbonyl (C=O) groups excluding carboxylic acids is 1. The average Bonchev–Trinajstić information content (AvgIpc) is 3.21. The Hall–Kier alpha value is -1.75. The minimum atomic E-state index is -0.0814. The summed E-state index contributed by atoms with van der Waals surface area (Å²) < 4.78 is 10.8. The molecular formula is C15H22N2O3. The lowest BCUT2D eigenvalue weighted by Crippen LogP contribution is -2.30. The molecule has 110 valence electrons. The van der Waals surface area contributed by atoms with E-state index in [9.17, 15) is 4.79 Å². The number of ether oxygens (including phenoxy) is 2. The number of nitrogens with two attached hydrogens (primary N) is 1. The van der Waals surface area contributed by atoms with E-state index < -0.39 is 0 Å². The van der Waals surface area contributed by atoms with Crippen molar-refractivity contribution in [3.8, 4) is 11.5 Å². The van der Waals surface area contributed by atoms with Crippen molar-refractivity contribution in [3.05, 3.63) is 23.8 Å². The van der Waals surface area contributed by atoms with E-state index in [0.717, 1.165) is 18.4 Å². The predicted molar refractivity (Wildman–Crippen MR) is 77.0 cm³/mol. The van der Waals surface area contributed by atoms with Gasteiger partial charge in [-0.05, 0) is 37.8 Å². The molecule has 1 atom stereocenters. The van der Waals surface area contributed by atoms with Gasteiger partial charge in [-0.1, -0.05) is 6.07 Å². The SMILES string of the molecule is COc1ccc(CC(C)N)c(OCC(=O)NC2CC2)c1. The van der Waals surface area contributed by atoms with E-state index >= 15 is 0 Å². The Morgan fingerprint density at radius 3 is 2.85 bits per heavy atom. The van der Waals surface area contributed by atoms with Crippen LogP contribution in [-0.2, 0) is 11.2 Å². The molecule has 1 aliphatic carbocycles. The first-order chi connectivity index (χ1) is 9.58. The number of amides is 1. The molecule has 1 fully saturated rings.